The fraction of sp³-hybridized carbons (Fsp3) is 0.323. The summed E-state index contributed by atoms with van der Waals surface area (Å²) in [5, 5.41) is 3.57. The second-order valence-electron chi connectivity index (χ2n) is 9.59. The van der Waals surface area contributed by atoms with Crippen LogP contribution in [0, 0.1) is 6.92 Å². The van der Waals surface area contributed by atoms with Crippen molar-refractivity contribution in [3.8, 4) is 11.4 Å². The number of nitrogens with zero attached hydrogens (tertiary/aromatic N) is 2. The molecular formula is C31H39Cl3N4. The van der Waals surface area contributed by atoms with E-state index in [9.17, 15) is 0 Å². The van der Waals surface area contributed by atoms with E-state index in [-0.39, 0.29) is 48.7 Å². The number of piperazine rings is 1. The summed E-state index contributed by atoms with van der Waals surface area (Å²) >= 11 is 0. The number of aromatic nitrogens is 2. The number of nitrogens with one attached hydrogen (secondary N) is 2. The lowest BCUT2D eigenvalue weighted by Gasteiger charge is -2.50. The van der Waals surface area contributed by atoms with Gasteiger partial charge < -0.3 is 10.3 Å². The SMILES string of the molecule is CCCC(c1nc(-c2ccccc2)[nH]c1C)(C(c1ccccc1)c1ccccc1)N1CCNCC1.Cl.Cl.Cl. The van der Waals surface area contributed by atoms with Crippen molar-refractivity contribution in [3.05, 3.63) is 114 Å². The minimum Gasteiger partial charge on any atom is -0.342 e. The zero-order valence-corrected chi connectivity index (χ0v) is 24.5. The summed E-state index contributed by atoms with van der Waals surface area (Å²) in [5.41, 5.74) is 5.88. The Morgan fingerprint density at radius 3 is 1.79 bits per heavy atom. The lowest BCUT2D eigenvalue weighted by atomic mass is 9.68. The van der Waals surface area contributed by atoms with Crippen LogP contribution >= 0.6 is 37.2 Å². The van der Waals surface area contributed by atoms with Crippen LogP contribution < -0.4 is 5.32 Å². The number of benzene rings is 3. The predicted octanol–water partition coefficient (Wildman–Crippen LogP) is 7.38. The third-order valence-corrected chi connectivity index (χ3v) is 7.40. The monoisotopic (exact) mass is 572 g/mol. The summed E-state index contributed by atoms with van der Waals surface area (Å²) in [7, 11) is 0. The Labute approximate surface area is 245 Å². The first-order valence-corrected chi connectivity index (χ1v) is 12.9. The van der Waals surface area contributed by atoms with Crippen LogP contribution in [0.3, 0.4) is 0 Å². The zero-order chi connectivity index (χ0) is 24.1. The molecule has 7 heteroatoms. The number of hydrogen-bond donors (Lipinski definition) is 2. The minimum absolute atomic E-state index is 0. The first-order valence-electron chi connectivity index (χ1n) is 12.9. The molecule has 0 radical (unpaired) electrons. The van der Waals surface area contributed by atoms with Crippen molar-refractivity contribution in [1.82, 2.24) is 20.2 Å². The van der Waals surface area contributed by atoms with Gasteiger partial charge in [0.25, 0.3) is 0 Å². The molecule has 1 aliphatic rings. The third kappa shape index (κ3) is 6.27. The largest absolute Gasteiger partial charge is 0.342 e. The summed E-state index contributed by atoms with van der Waals surface area (Å²) in [6.07, 6.45) is 2.11. The van der Waals surface area contributed by atoms with Crippen LogP contribution in [0.4, 0.5) is 0 Å². The second-order valence-corrected chi connectivity index (χ2v) is 9.59. The van der Waals surface area contributed by atoms with Crippen LogP contribution in [-0.4, -0.2) is 41.0 Å². The van der Waals surface area contributed by atoms with E-state index in [0.29, 0.717) is 0 Å². The molecule has 0 saturated carbocycles. The van der Waals surface area contributed by atoms with Gasteiger partial charge in [-0.2, -0.15) is 0 Å². The molecule has 2 heterocycles. The number of imidazole rings is 1. The van der Waals surface area contributed by atoms with Gasteiger partial charge in [-0.1, -0.05) is 104 Å². The fourth-order valence-corrected chi connectivity index (χ4v) is 5.98. The average molecular weight is 574 g/mol. The predicted molar refractivity (Wildman–Crippen MR) is 166 cm³/mol. The second kappa shape index (κ2) is 14.7. The van der Waals surface area contributed by atoms with Gasteiger partial charge >= 0.3 is 0 Å². The molecule has 38 heavy (non-hydrogen) atoms. The Morgan fingerprint density at radius 1 is 0.789 bits per heavy atom. The Morgan fingerprint density at radius 2 is 1.29 bits per heavy atom. The van der Waals surface area contributed by atoms with Crippen molar-refractivity contribution in [2.45, 2.75) is 38.1 Å². The van der Waals surface area contributed by atoms with Crippen LogP contribution in [-0.2, 0) is 5.54 Å². The Bertz CT molecular complexity index is 1170. The summed E-state index contributed by atoms with van der Waals surface area (Å²) in [6, 6.07) is 32.6. The molecule has 1 aliphatic heterocycles. The topological polar surface area (TPSA) is 44.0 Å². The first kappa shape index (κ1) is 31.9. The van der Waals surface area contributed by atoms with Crippen molar-refractivity contribution in [2.75, 3.05) is 26.2 Å². The molecule has 0 spiro atoms. The number of rotatable bonds is 8. The maximum atomic E-state index is 5.40. The first-order chi connectivity index (χ1) is 17.2. The van der Waals surface area contributed by atoms with Crippen molar-refractivity contribution >= 4 is 37.2 Å². The zero-order valence-electron chi connectivity index (χ0n) is 22.1. The standard InChI is InChI=1S/C31H36N4.3ClH/c1-3-19-31(35-22-20-32-21-23-35,29-24(2)33-30(34-29)27-17-11-6-12-18-27)28(25-13-7-4-8-14-25)26-15-9-5-10-16-26;;;/h4-18,28,32H,3,19-23H2,1-2H3,(H,33,34);3*1H. The molecule has 0 amide bonds. The Kier molecular flexibility index (Phi) is 12.3. The Balaban J connectivity index is 0.00000169. The average Bonchev–Trinajstić information content (AvgIpc) is 3.32. The molecule has 2 N–H and O–H groups in total. The number of hydrogen-bond acceptors (Lipinski definition) is 3. The lowest BCUT2D eigenvalue weighted by molar-refractivity contribution is 0.0422. The maximum absolute atomic E-state index is 5.40. The van der Waals surface area contributed by atoms with Crippen molar-refractivity contribution in [1.29, 1.82) is 0 Å². The minimum atomic E-state index is -0.271. The molecule has 1 aromatic heterocycles. The third-order valence-electron chi connectivity index (χ3n) is 7.40. The van der Waals surface area contributed by atoms with Crippen LogP contribution in [0.2, 0.25) is 0 Å². The van der Waals surface area contributed by atoms with Gasteiger partial charge in [0.1, 0.15) is 5.82 Å². The Hall–Kier alpha value is -2.34. The normalized spacial score (nSPS) is 15.0. The molecule has 1 atom stereocenters. The molecule has 5 rings (SSSR count). The van der Waals surface area contributed by atoms with Gasteiger partial charge in [-0.15, -0.1) is 37.2 Å². The van der Waals surface area contributed by atoms with Crippen molar-refractivity contribution in [2.24, 2.45) is 0 Å². The molecular weight excluding hydrogens is 535 g/mol. The smallest absolute Gasteiger partial charge is 0.137 e. The van der Waals surface area contributed by atoms with Gasteiger partial charge in [0.15, 0.2) is 0 Å². The van der Waals surface area contributed by atoms with E-state index in [1.165, 1.54) is 16.8 Å². The molecule has 0 aliphatic carbocycles. The highest BCUT2D eigenvalue weighted by molar-refractivity contribution is 5.86. The lowest BCUT2D eigenvalue weighted by Crippen LogP contribution is -2.57. The number of aromatic amines is 1. The highest BCUT2D eigenvalue weighted by Crippen LogP contribution is 2.50. The number of H-pyrrole nitrogens is 1. The molecule has 0 bridgehead atoms. The summed E-state index contributed by atoms with van der Waals surface area (Å²) in [6.45, 7) is 8.51. The van der Waals surface area contributed by atoms with Gasteiger partial charge in [-0.05, 0) is 24.5 Å². The highest BCUT2D eigenvalue weighted by atomic mass is 35.5. The molecule has 4 nitrogen and oxygen atoms in total. The van der Waals surface area contributed by atoms with E-state index in [0.717, 1.165) is 56.1 Å². The van der Waals surface area contributed by atoms with E-state index >= 15 is 0 Å². The van der Waals surface area contributed by atoms with E-state index in [1.54, 1.807) is 0 Å². The van der Waals surface area contributed by atoms with Crippen molar-refractivity contribution in [3.63, 3.8) is 0 Å². The summed E-state index contributed by atoms with van der Waals surface area (Å²) < 4.78 is 0. The fourth-order valence-electron chi connectivity index (χ4n) is 5.98. The van der Waals surface area contributed by atoms with Crippen LogP contribution in [0.25, 0.3) is 11.4 Å². The van der Waals surface area contributed by atoms with Gasteiger partial charge in [0, 0.05) is 43.4 Å². The highest BCUT2D eigenvalue weighted by Gasteiger charge is 2.49. The summed E-state index contributed by atoms with van der Waals surface area (Å²) in [5.74, 6) is 1.11. The molecule has 1 fully saturated rings. The number of halogens is 3. The van der Waals surface area contributed by atoms with Crippen LogP contribution in [0.5, 0.6) is 0 Å². The summed E-state index contributed by atoms with van der Waals surface area (Å²) in [4.78, 5) is 11.8. The van der Waals surface area contributed by atoms with E-state index < -0.39 is 0 Å². The van der Waals surface area contributed by atoms with Gasteiger partial charge in [0.05, 0.1) is 11.2 Å². The van der Waals surface area contributed by atoms with E-state index in [4.69, 9.17) is 4.98 Å². The number of aryl methyl sites for hydroxylation is 1. The molecule has 4 aromatic rings. The maximum Gasteiger partial charge on any atom is 0.137 e. The molecule has 204 valence electrons. The van der Waals surface area contributed by atoms with Crippen LogP contribution in [0.1, 0.15) is 48.2 Å². The van der Waals surface area contributed by atoms with E-state index in [1.807, 2.05) is 0 Å². The molecule has 3 aromatic carbocycles. The molecule has 1 saturated heterocycles. The molecule has 1 unspecified atom stereocenters. The van der Waals surface area contributed by atoms with Gasteiger partial charge in [-0.3, -0.25) is 4.90 Å². The van der Waals surface area contributed by atoms with Gasteiger partial charge in [-0.25, -0.2) is 4.98 Å². The quantitative estimate of drug-likeness (QED) is 0.231. The van der Waals surface area contributed by atoms with Crippen molar-refractivity contribution < 1.29 is 0 Å². The van der Waals surface area contributed by atoms with Crippen LogP contribution in [0.15, 0.2) is 91.0 Å². The van der Waals surface area contributed by atoms with E-state index in [2.05, 4.69) is 120 Å². The van der Waals surface area contributed by atoms with Gasteiger partial charge in [0.2, 0.25) is 0 Å².